The summed E-state index contributed by atoms with van der Waals surface area (Å²) in [4.78, 5) is 40.1. The van der Waals surface area contributed by atoms with Gasteiger partial charge in [0.15, 0.2) is 0 Å². The zero-order chi connectivity index (χ0) is 19.6. The largest absolute Gasteiger partial charge is 0.338 e. The number of hydrogen-bond donors (Lipinski definition) is 0. The van der Waals surface area contributed by atoms with Crippen molar-refractivity contribution in [3.05, 3.63) is 39.4 Å². The van der Waals surface area contributed by atoms with Crippen LogP contribution in [0.15, 0.2) is 18.2 Å². The van der Waals surface area contributed by atoms with Gasteiger partial charge < -0.3 is 9.80 Å². The highest BCUT2D eigenvalue weighted by Gasteiger charge is 2.27. The van der Waals surface area contributed by atoms with Gasteiger partial charge in [0.1, 0.15) is 0 Å². The Hall–Kier alpha value is -2.44. The maximum Gasteiger partial charge on any atom is 0.271 e. The molecule has 7 nitrogen and oxygen atoms in total. The predicted molar refractivity (Wildman–Crippen MR) is 102 cm³/mol. The number of nitro benzene ring substituents is 1. The van der Waals surface area contributed by atoms with E-state index < -0.39 is 4.92 Å². The maximum absolute atomic E-state index is 12.9. The minimum atomic E-state index is -0.536. The predicted octanol–water partition coefficient (Wildman–Crippen LogP) is 3.34. The van der Waals surface area contributed by atoms with Crippen LogP contribution in [0.2, 0.25) is 0 Å². The molecule has 2 fully saturated rings. The summed E-state index contributed by atoms with van der Waals surface area (Å²) in [5.74, 6) is 0.368. The number of nitrogens with zero attached hydrogens (tertiary/aromatic N) is 3. The number of carbonyl (C=O) groups excluding carboxylic acids is 2. The molecule has 1 aromatic rings. The Labute approximate surface area is 159 Å². The van der Waals surface area contributed by atoms with Gasteiger partial charge in [-0.3, -0.25) is 19.7 Å². The van der Waals surface area contributed by atoms with Gasteiger partial charge in [-0.25, -0.2) is 0 Å². The molecular weight excluding hydrogens is 346 g/mol. The van der Waals surface area contributed by atoms with Gasteiger partial charge in [-0.05, 0) is 43.6 Å². The number of amides is 2. The standard InChI is InChI=1S/C20H27N3O4/c1-14-5-3-7-21(12-14)19(24)16-9-17(11-18(10-16)23(26)27)20(25)22-8-4-6-15(2)13-22/h9-11,14-15H,3-8,12-13H2,1-2H3. The average Bonchev–Trinajstić information content (AvgIpc) is 2.66. The summed E-state index contributed by atoms with van der Waals surface area (Å²) in [5.41, 5.74) is 0.248. The lowest BCUT2D eigenvalue weighted by Gasteiger charge is -2.32. The van der Waals surface area contributed by atoms with Crippen molar-refractivity contribution in [1.29, 1.82) is 0 Å². The highest BCUT2D eigenvalue weighted by Crippen LogP contribution is 2.24. The number of hydrogen-bond acceptors (Lipinski definition) is 4. The SMILES string of the molecule is CC1CCCN(C(=O)c2cc(C(=O)N3CCCC(C)C3)cc([N+](=O)[O-])c2)C1. The fourth-order valence-corrected chi connectivity index (χ4v) is 4.08. The summed E-state index contributed by atoms with van der Waals surface area (Å²) in [5, 5.41) is 11.4. The van der Waals surface area contributed by atoms with Crippen LogP contribution in [0.3, 0.4) is 0 Å². The minimum absolute atomic E-state index is 0.209. The van der Waals surface area contributed by atoms with E-state index in [2.05, 4.69) is 13.8 Å². The first-order valence-electron chi connectivity index (χ1n) is 9.73. The van der Waals surface area contributed by atoms with Crippen molar-refractivity contribution in [2.24, 2.45) is 11.8 Å². The van der Waals surface area contributed by atoms with E-state index in [0.717, 1.165) is 25.7 Å². The summed E-state index contributed by atoms with van der Waals surface area (Å²) in [7, 11) is 0. The first-order chi connectivity index (χ1) is 12.8. The molecule has 2 atom stereocenters. The molecule has 2 aliphatic rings. The maximum atomic E-state index is 12.9. The molecule has 27 heavy (non-hydrogen) atoms. The Morgan fingerprint density at radius 3 is 1.74 bits per heavy atom. The van der Waals surface area contributed by atoms with Crippen LogP contribution in [0.4, 0.5) is 5.69 Å². The van der Waals surface area contributed by atoms with Gasteiger partial charge in [-0.2, -0.15) is 0 Å². The third kappa shape index (κ3) is 4.46. The van der Waals surface area contributed by atoms with Crippen molar-refractivity contribution in [1.82, 2.24) is 9.80 Å². The first-order valence-corrected chi connectivity index (χ1v) is 9.73. The Morgan fingerprint density at radius 2 is 1.37 bits per heavy atom. The topological polar surface area (TPSA) is 83.8 Å². The van der Waals surface area contributed by atoms with Crippen LogP contribution in [0.25, 0.3) is 0 Å². The zero-order valence-corrected chi connectivity index (χ0v) is 16.0. The molecule has 2 unspecified atom stereocenters. The molecule has 0 bridgehead atoms. The van der Waals surface area contributed by atoms with E-state index in [1.165, 1.54) is 18.2 Å². The van der Waals surface area contributed by atoms with Gasteiger partial charge in [0.2, 0.25) is 0 Å². The third-order valence-electron chi connectivity index (χ3n) is 5.51. The van der Waals surface area contributed by atoms with Gasteiger partial charge in [0.05, 0.1) is 4.92 Å². The molecule has 2 heterocycles. The van der Waals surface area contributed by atoms with E-state index in [0.29, 0.717) is 38.0 Å². The van der Waals surface area contributed by atoms with Gasteiger partial charge in [0, 0.05) is 49.4 Å². The van der Waals surface area contributed by atoms with E-state index in [4.69, 9.17) is 0 Å². The van der Waals surface area contributed by atoms with Crippen LogP contribution in [-0.2, 0) is 0 Å². The molecule has 0 spiro atoms. The van der Waals surface area contributed by atoms with E-state index in [1.54, 1.807) is 9.80 Å². The molecule has 2 aliphatic heterocycles. The minimum Gasteiger partial charge on any atom is -0.338 e. The smallest absolute Gasteiger partial charge is 0.271 e. The number of nitro groups is 1. The van der Waals surface area contributed by atoms with Crippen LogP contribution in [0, 0.1) is 22.0 Å². The Bertz CT molecular complexity index is 696. The second-order valence-electron chi connectivity index (χ2n) is 8.02. The van der Waals surface area contributed by atoms with Crippen LogP contribution in [0.1, 0.15) is 60.2 Å². The lowest BCUT2D eigenvalue weighted by molar-refractivity contribution is -0.384. The normalized spacial score (nSPS) is 23.2. The summed E-state index contributed by atoms with van der Waals surface area (Å²) in [6.45, 7) is 6.79. The molecule has 0 aromatic heterocycles. The zero-order valence-electron chi connectivity index (χ0n) is 16.0. The number of carbonyl (C=O) groups is 2. The molecule has 0 aliphatic carbocycles. The third-order valence-corrected chi connectivity index (χ3v) is 5.51. The second kappa shape index (κ2) is 8.06. The van der Waals surface area contributed by atoms with E-state index in [-0.39, 0.29) is 28.6 Å². The van der Waals surface area contributed by atoms with Crippen molar-refractivity contribution >= 4 is 17.5 Å². The van der Waals surface area contributed by atoms with Crippen LogP contribution >= 0.6 is 0 Å². The van der Waals surface area contributed by atoms with Crippen molar-refractivity contribution in [3.8, 4) is 0 Å². The molecule has 7 heteroatoms. The van der Waals surface area contributed by atoms with Gasteiger partial charge in [0.25, 0.3) is 17.5 Å². The molecule has 0 N–H and O–H groups in total. The van der Waals surface area contributed by atoms with Crippen molar-refractivity contribution < 1.29 is 14.5 Å². The Kier molecular flexibility index (Phi) is 5.77. The monoisotopic (exact) mass is 373 g/mol. The van der Waals surface area contributed by atoms with E-state index in [9.17, 15) is 19.7 Å². The van der Waals surface area contributed by atoms with E-state index in [1.807, 2.05) is 0 Å². The second-order valence-corrected chi connectivity index (χ2v) is 8.02. The fraction of sp³-hybridized carbons (Fsp3) is 0.600. The molecule has 1 aromatic carbocycles. The summed E-state index contributed by atoms with van der Waals surface area (Å²) in [6.07, 6.45) is 4.02. The Morgan fingerprint density at radius 1 is 0.926 bits per heavy atom. The molecule has 2 amide bonds. The lowest BCUT2D eigenvalue weighted by Crippen LogP contribution is -2.40. The van der Waals surface area contributed by atoms with Crippen LogP contribution in [0.5, 0.6) is 0 Å². The first kappa shape index (κ1) is 19.3. The fourth-order valence-electron chi connectivity index (χ4n) is 4.08. The molecule has 0 radical (unpaired) electrons. The molecule has 2 saturated heterocycles. The number of piperidine rings is 2. The van der Waals surface area contributed by atoms with Crippen LogP contribution < -0.4 is 0 Å². The summed E-state index contributed by atoms with van der Waals surface area (Å²) in [6, 6.07) is 4.10. The van der Waals surface area contributed by atoms with Gasteiger partial charge >= 0.3 is 0 Å². The number of rotatable bonds is 3. The summed E-state index contributed by atoms with van der Waals surface area (Å²) >= 11 is 0. The number of benzene rings is 1. The number of likely N-dealkylation sites (tertiary alicyclic amines) is 2. The molecular formula is C20H27N3O4. The molecule has 146 valence electrons. The van der Waals surface area contributed by atoms with Crippen molar-refractivity contribution in [2.75, 3.05) is 26.2 Å². The highest BCUT2D eigenvalue weighted by molar-refractivity contribution is 6.00. The highest BCUT2D eigenvalue weighted by atomic mass is 16.6. The van der Waals surface area contributed by atoms with Crippen molar-refractivity contribution in [3.63, 3.8) is 0 Å². The average molecular weight is 373 g/mol. The van der Waals surface area contributed by atoms with Crippen molar-refractivity contribution in [2.45, 2.75) is 39.5 Å². The van der Waals surface area contributed by atoms with Gasteiger partial charge in [-0.1, -0.05) is 13.8 Å². The molecule has 3 rings (SSSR count). The Balaban J connectivity index is 1.89. The van der Waals surface area contributed by atoms with Crippen LogP contribution in [-0.4, -0.2) is 52.7 Å². The van der Waals surface area contributed by atoms with Gasteiger partial charge in [-0.15, -0.1) is 0 Å². The quantitative estimate of drug-likeness (QED) is 0.601. The summed E-state index contributed by atoms with van der Waals surface area (Å²) < 4.78 is 0. The van der Waals surface area contributed by atoms with E-state index >= 15 is 0 Å². The number of non-ortho nitro benzene ring substituents is 1. The lowest BCUT2D eigenvalue weighted by atomic mass is 9.98. The molecule has 0 saturated carbocycles.